The molecule has 2 aromatic carbocycles. The van der Waals surface area contributed by atoms with Crippen LogP contribution in [0.2, 0.25) is 0 Å². The number of nitrogens with one attached hydrogen (secondary N) is 1. The highest BCUT2D eigenvalue weighted by Gasteiger charge is 2.23. The molecule has 1 aliphatic rings. The standard InChI is InChI=1S/C22H27N3O4S/c1-24-11-9-17(10-12-24)23-20-15-19(5-7-22(20)29-3)30(26,27)25-13-8-16-14-18(28-2)4-6-21(16)25/h4-8,13-15,17,23H,9-12H2,1-3H3. The Hall–Kier alpha value is -2.71. The zero-order valence-electron chi connectivity index (χ0n) is 17.5. The van der Waals surface area contributed by atoms with E-state index in [4.69, 9.17) is 9.47 Å². The highest BCUT2D eigenvalue weighted by atomic mass is 32.2. The molecule has 7 nitrogen and oxygen atoms in total. The van der Waals surface area contributed by atoms with E-state index in [0.29, 0.717) is 22.7 Å². The fourth-order valence-electron chi connectivity index (χ4n) is 3.88. The number of aromatic nitrogens is 1. The number of hydrogen-bond donors (Lipinski definition) is 1. The van der Waals surface area contributed by atoms with Crippen LogP contribution in [0.5, 0.6) is 11.5 Å². The Balaban J connectivity index is 1.69. The second-order valence-electron chi connectivity index (χ2n) is 7.63. The van der Waals surface area contributed by atoms with Crippen LogP contribution in [0.3, 0.4) is 0 Å². The van der Waals surface area contributed by atoms with Gasteiger partial charge in [-0.15, -0.1) is 0 Å². The van der Waals surface area contributed by atoms with Gasteiger partial charge in [-0.1, -0.05) is 0 Å². The predicted molar refractivity (Wildman–Crippen MR) is 118 cm³/mol. The Kier molecular flexibility index (Phi) is 5.62. The smallest absolute Gasteiger partial charge is 0.268 e. The highest BCUT2D eigenvalue weighted by Crippen LogP contribution is 2.32. The molecule has 0 spiro atoms. The van der Waals surface area contributed by atoms with Crippen LogP contribution in [0.4, 0.5) is 5.69 Å². The Morgan fingerprint density at radius 3 is 2.47 bits per heavy atom. The Morgan fingerprint density at radius 1 is 1.00 bits per heavy atom. The van der Waals surface area contributed by atoms with Crippen molar-refractivity contribution in [1.29, 1.82) is 0 Å². The normalized spacial score (nSPS) is 16.0. The summed E-state index contributed by atoms with van der Waals surface area (Å²) in [5.41, 5.74) is 1.31. The number of methoxy groups -OCH3 is 2. The van der Waals surface area contributed by atoms with Crippen LogP contribution in [-0.2, 0) is 10.0 Å². The van der Waals surface area contributed by atoms with E-state index in [-0.39, 0.29) is 10.9 Å². The second kappa shape index (κ2) is 8.20. The summed E-state index contributed by atoms with van der Waals surface area (Å²) in [5.74, 6) is 1.32. The van der Waals surface area contributed by atoms with E-state index >= 15 is 0 Å². The highest BCUT2D eigenvalue weighted by molar-refractivity contribution is 7.90. The first-order valence-corrected chi connectivity index (χ1v) is 11.4. The van der Waals surface area contributed by atoms with Crippen LogP contribution in [0.25, 0.3) is 10.9 Å². The SMILES string of the molecule is COc1ccc2c(ccn2S(=O)(=O)c2ccc(OC)c(NC3CCN(C)CC3)c2)c1. The van der Waals surface area contributed by atoms with Gasteiger partial charge in [0.15, 0.2) is 0 Å². The molecule has 0 atom stereocenters. The van der Waals surface area contributed by atoms with Crippen LogP contribution < -0.4 is 14.8 Å². The second-order valence-corrected chi connectivity index (χ2v) is 9.44. The maximum atomic E-state index is 13.4. The first kappa shape index (κ1) is 20.6. The van der Waals surface area contributed by atoms with Crippen molar-refractivity contribution < 1.29 is 17.9 Å². The van der Waals surface area contributed by atoms with E-state index in [1.807, 2.05) is 6.07 Å². The van der Waals surface area contributed by atoms with Gasteiger partial charge < -0.3 is 19.7 Å². The van der Waals surface area contributed by atoms with E-state index in [9.17, 15) is 8.42 Å². The van der Waals surface area contributed by atoms with Crippen molar-refractivity contribution in [2.75, 3.05) is 39.7 Å². The zero-order chi connectivity index (χ0) is 21.3. The quantitative estimate of drug-likeness (QED) is 0.648. The largest absolute Gasteiger partial charge is 0.497 e. The van der Waals surface area contributed by atoms with E-state index in [1.165, 1.54) is 3.97 Å². The van der Waals surface area contributed by atoms with Gasteiger partial charge in [0.1, 0.15) is 11.5 Å². The van der Waals surface area contributed by atoms with Crippen LogP contribution in [0, 0.1) is 0 Å². The molecule has 2 heterocycles. The van der Waals surface area contributed by atoms with Crippen LogP contribution >= 0.6 is 0 Å². The van der Waals surface area contributed by atoms with Gasteiger partial charge in [-0.25, -0.2) is 12.4 Å². The third kappa shape index (κ3) is 3.85. The lowest BCUT2D eigenvalue weighted by Crippen LogP contribution is -2.36. The number of fused-ring (bicyclic) bond motifs is 1. The number of piperidine rings is 1. The molecule has 0 amide bonds. The molecule has 1 aromatic heterocycles. The summed E-state index contributed by atoms with van der Waals surface area (Å²) in [6.07, 6.45) is 3.58. The number of anilines is 1. The first-order valence-electron chi connectivity index (χ1n) is 9.96. The van der Waals surface area contributed by atoms with Crippen LogP contribution in [-0.4, -0.2) is 57.7 Å². The molecule has 0 unspecified atom stereocenters. The third-order valence-electron chi connectivity index (χ3n) is 5.67. The molecule has 0 saturated carbocycles. The van der Waals surface area contributed by atoms with Crippen molar-refractivity contribution >= 4 is 26.6 Å². The summed E-state index contributed by atoms with van der Waals surface area (Å²) in [6.45, 7) is 2.02. The Labute approximate surface area is 177 Å². The molecule has 0 bridgehead atoms. The lowest BCUT2D eigenvalue weighted by atomic mass is 10.1. The Morgan fingerprint density at radius 2 is 1.77 bits per heavy atom. The maximum Gasteiger partial charge on any atom is 0.268 e. The molecule has 0 radical (unpaired) electrons. The van der Waals surface area contributed by atoms with Gasteiger partial charge in [-0.05, 0) is 75.4 Å². The number of nitrogens with zero attached hydrogens (tertiary/aromatic N) is 2. The molecule has 1 N–H and O–H groups in total. The molecule has 1 fully saturated rings. The number of ether oxygens (including phenoxy) is 2. The maximum absolute atomic E-state index is 13.4. The molecule has 0 aliphatic carbocycles. The fourth-order valence-corrected chi connectivity index (χ4v) is 5.26. The van der Waals surface area contributed by atoms with E-state index in [2.05, 4.69) is 17.3 Å². The molecule has 4 rings (SSSR count). The van der Waals surface area contributed by atoms with Crippen molar-refractivity contribution in [2.24, 2.45) is 0 Å². The first-order chi connectivity index (χ1) is 14.4. The molecule has 160 valence electrons. The summed E-state index contributed by atoms with van der Waals surface area (Å²) >= 11 is 0. The molecule has 1 aliphatic heterocycles. The molecular formula is C22H27N3O4S. The average molecular weight is 430 g/mol. The van der Waals surface area contributed by atoms with Gasteiger partial charge in [0.2, 0.25) is 0 Å². The lowest BCUT2D eigenvalue weighted by Gasteiger charge is -2.30. The number of hydrogen-bond acceptors (Lipinski definition) is 6. The van der Waals surface area contributed by atoms with Crippen LogP contribution in [0.15, 0.2) is 53.6 Å². The fraction of sp³-hybridized carbons (Fsp3) is 0.364. The number of benzene rings is 2. The van der Waals surface area contributed by atoms with Gasteiger partial charge in [-0.2, -0.15) is 0 Å². The molecule has 1 saturated heterocycles. The van der Waals surface area contributed by atoms with Crippen molar-refractivity contribution in [2.45, 2.75) is 23.8 Å². The number of likely N-dealkylation sites (tertiary alicyclic amines) is 1. The van der Waals surface area contributed by atoms with E-state index < -0.39 is 10.0 Å². The van der Waals surface area contributed by atoms with Crippen molar-refractivity contribution in [3.8, 4) is 11.5 Å². The molecule has 3 aromatic rings. The zero-order valence-corrected chi connectivity index (χ0v) is 18.3. The van der Waals surface area contributed by atoms with Crippen molar-refractivity contribution in [3.05, 3.63) is 48.7 Å². The third-order valence-corrected chi connectivity index (χ3v) is 7.35. The van der Waals surface area contributed by atoms with Crippen LogP contribution in [0.1, 0.15) is 12.8 Å². The topological polar surface area (TPSA) is 72.8 Å². The minimum atomic E-state index is -3.77. The summed E-state index contributed by atoms with van der Waals surface area (Å²) in [5, 5.41) is 4.29. The Bertz CT molecular complexity index is 1150. The minimum absolute atomic E-state index is 0.215. The summed E-state index contributed by atoms with van der Waals surface area (Å²) in [7, 11) is 1.53. The molecule has 8 heteroatoms. The van der Waals surface area contributed by atoms with Crippen molar-refractivity contribution in [3.63, 3.8) is 0 Å². The number of rotatable bonds is 6. The van der Waals surface area contributed by atoms with E-state index in [0.717, 1.165) is 31.3 Å². The molecular weight excluding hydrogens is 402 g/mol. The minimum Gasteiger partial charge on any atom is -0.497 e. The van der Waals surface area contributed by atoms with E-state index in [1.54, 1.807) is 56.8 Å². The summed E-state index contributed by atoms with van der Waals surface area (Å²) < 4.78 is 38.8. The van der Waals surface area contributed by atoms with Gasteiger partial charge in [0.25, 0.3) is 10.0 Å². The van der Waals surface area contributed by atoms with Gasteiger partial charge in [0, 0.05) is 17.6 Å². The monoisotopic (exact) mass is 429 g/mol. The lowest BCUT2D eigenvalue weighted by molar-refractivity contribution is 0.263. The molecule has 30 heavy (non-hydrogen) atoms. The van der Waals surface area contributed by atoms with Crippen molar-refractivity contribution in [1.82, 2.24) is 8.87 Å². The summed E-state index contributed by atoms with van der Waals surface area (Å²) in [4.78, 5) is 2.51. The van der Waals surface area contributed by atoms with Gasteiger partial charge in [0.05, 0.1) is 30.3 Å². The van der Waals surface area contributed by atoms with Gasteiger partial charge in [-0.3, -0.25) is 0 Å². The summed E-state index contributed by atoms with van der Waals surface area (Å²) in [6, 6.07) is 12.4. The predicted octanol–water partition coefficient (Wildman–Crippen LogP) is 3.40. The average Bonchev–Trinajstić information content (AvgIpc) is 3.19. The van der Waals surface area contributed by atoms with Gasteiger partial charge >= 0.3 is 0 Å².